The molecule has 2 bridgehead atoms. The topological polar surface area (TPSA) is 99.5 Å². The maximum atomic E-state index is 12.4. The van der Waals surface area contributed by atoms with Gasteiger partial charge >= 0.3 is 7.60 Å². The third kappa shape index (κ3) is 6.83. The molecule has 4 unspecified atom stereocenters. The fourth-order valence-corrected chi connectivity index (χ4v) is 6.44. The van der Waals surface area contributed by atoms with E-state index in [0.717, 1.165) is 0 Å². The third-order valence-corrected chi connectivity index (χ3v) is 9.01. The van der Waals surface area contributed by atoms with Crippen LogP contribution in [-0.4, -0.2) is 76.3 Å². The molecule has 176 valence electrons. The summed E-state index contributed by atoms with van der Waals surface area (Å²) in [5, 5.41) is 8.92. The van der Waals surface area contributed by atoms with Crippen molar-refractivity contribution in [2.45, 2.75) is 70.5 Å². The smallest absolute Gasteiger partial charge is 0.353 e. The lowest BCUT2D eigenvalue weighted by Gasteiger charge is -2.42. The second-order valence-corrected chi connectivity index (χ2v) is 11.6. The van der Waals surface area contributed by atoms with E-state index in [0.29, 0.717) is 19.6 Å². The number of hydrogen-bond donors (Lipinski definition) is 0. The molecule has 31 heavy (non-hydrogen) atoms. The summed E-state index contributed by atoms with van der Waals surface area (Å²) in [5.74, 6) is 1.34. The van der Waals surface area contributed by atoms with Gasteiger partial charge in [-0.2, -0.15) is 5.26 Å². The van der Waals surface area contributed by atoms with Gasteiger partial charge in [0.05, 0.1) is 37.8 Å². The van der Waals surface area contributed by atoms with Crippen LogP contribution in [0.1, 0.15) is 34.1 Å². The van der Waals surface area contributed by atoms with Crippen molar-refractivity contribution < 1.29 is 32.1 Å². The first kappa shape index (κ1) is 26.9. The quantitative estimate of drug-likeness (QED) is 0.239. The van der Waals surface area contributed by atoms with Crippen molar-refractivity contribution in [2.24, 2.45) is 5.92 Å². The average molecular weight is 476 g/mol. The summed E-state index contributed by atoms with van der Waals surface area (Å²) in [4.78, 5) is 0. The van der Waals surface area contributed by atoms with Gasteiger partial charge in [-0.15, -0.1) is 0 Å². The summed E-state index contributed by atoms with van der Waals surface area (Å²) in [6, 6.07) is 2.31. The van der Waals surface area contributed by atoms with Gasteiger partial charge < -0.3 is 27.6 Å². The molecule has 0 amide bonds. The molecule has 0 saturated carbocycles. The fourth-order valence-electron chi connectivity index (χ4n) is 3.88. The molecule has 0 spiro atoms. The van der Waals surface area contributed by atoms with Gasteiger partial charge in [-0.25, -0.2) is 4.67 Å². The highest BCUT2D eigenvalue weighted by molar-refractivity contribution is 7.57. The van der Waals surface area contributed by atoms with Crippen LogP contribution < -0.4 is 0 Å². The van der Waals surface area contributed by atoms with Crippen LogP contribution in [0.5, 0.6) is 0 Å². The summed E-state index contributed by atoms with van der Waals surface area (Å²) < 4.78 is 49.4. The molecular weight excluding hydrogens is 441 g/mol. The summed E-state index contributed by atoms with van der Waals surface area (Å²) >= 11 is 0. The summed E-state index contributed by atoms with van der Waals surface area (Å²) in [5.41, 5.74) is 0. The molecule has 2 rings (SSSR count). The highest BCUT2D eigenvalue weighted by atomic mass is 31.2. The first-order valence-electron chi connectivity index (χ1n) is 10.6. The molecule has 0 aromatic heterocycles. The molecule has 6 atom stereocenters. The standard InChI is InChI=1S/C19H35BN2O7P2/c1-13(2)22(14(3)4)30(27-10-7-9-21)29-17-15-12-26-18(17)19(20)28-16(15)8-11-31(23,24-5)25-6/h8,11,13-19H,7,10,12,20H2,1-6H3/b11-8+/t15-,16?,17?,18-,19?,30?/m1/s1. The van der Waals surface area contributed by atoms with Crippen LogP contribution >= 0.6 is 16.1 Å². The molecular formula is C19H35BN2O7P2. The number of rotatable bonds is 12. The summed E-state index contributed by atoms with van der Waals surface area (Å²) in [6.45, 7) is 9.17. The molecule has 2 aliphatic rings. The SMILES string of the molecule is BC1OC(/C=C/P(=O)(OC)OC)[C@H]2CO[C@@H]1C2OP(OCCC#N)N(C(C)C)C(C)C. The maximum absolute atomic E-state index is 12.4. The molecule has 0 aromatic carbocycles. The van der Waals surface area contributed by atoms with Crippen LogP contribution in [0.4, 0.5) is 0 Å². The second kappa shape index (κ2) is 12.2. The Kier molecular flexibility index (Phi) is 10.6. The lowest BCUT2D eigenvalue weighted by Crippen LogP contribution is -2.50. The van der Waals surface area contributed by atoms with Crippen molar-refractivity contribution in [3.63, 3.8) is 0 Å². The lowest BCUT2D eigenvalue weighted by molar-refractivity contribution is -0.0959. The molecule has 2 aliphatic heterocycles. The van der Waals surface area contributed by atoms with E-state index >= 15 is 0 Å². The lowest BCUT2D eigenvalue weighted by atomic mass is 9.82. The summed E-state index contributed by atoms with van der Waals surface area (Å²) in [7, 11) is -0.0768. The highest BCUT2D eigenvalue weighted by Crippen LogP contribution is 2.52. The predicted octanol–water partition coefficient (Wildman–Crippen LogP) is 3.02. The van der Waals surface area contributed by atoms with E-state index in [1.807, 2.05) is 7.85 Å². The van der Waals surface area contributed by atoms with Crippen LogP contribution in [0.15, 0.2) is 11.9 Å². The number of nitrogens with zero attached hydrogens (tertiary/aromatic N) is 2. The minimum absolute atomic E-state index is 0.0923. The van der Waals surface area contributed by atoms with E-state index < -0.39 is 16.1 Å². The van der Waals surface area contributed by atoms with Gasteiger partial charge in [0.1, 0.15) is 20.1 Å². The Morgan fingerprint density at radius 1 is 1.29 bits per heavy atom. The number of hydrogen-bond acceptors (Lipinski definition) is 9. The van der Waals surface area contributed by atoms with Gasteiger partial charge in [0.15, 0.2) is 0 Å². The van der Waals surface area contributed by atoms with Gasteiger partial charge in [0.2, 0.25) is 0 Å². The molecule has 9 nitrogen and oxygen atoms in total. The minimum Gasteiger partial charge on any atom is -0.377 e. The zero-order chi connectivity index (χ0) is 23.2. The van der Waals surface area contributed by atoms with Crippen LogP contribution in [0.25, 0.3) is 0 Å². The van der Waals surface area contributed by atoms with Crippen LogP contribution in [0.3, 0.4) is 0 Å². The zero-order valence-electron chi connectivity index (χ0n) is 19.5. The summed E-state index contributed by atoms with van der Waals surface area (Å²) in [6.07, 6.45) is 1.18. The molecule has 0 N–H and O–H groups in total. The zero-order valence-corrected chi connectivity index (χ0v) is 21.3. The Morgan fingerprint density at radius 2 is 1.94 bits per heavy atom. The van der Waals surface area contributed by atoms with Crippen molar-refractivity contribution in [3.05, 3.63) is 11.9 Å². The Hall–Kier alpha value is -0.325. The van der Waals surface area contributed by atoms with Crippen LogP contribution in [-0.2, 0) is 32.1 Å². The second-order valence-electron chi connectivity index (χ2n) is 8.13. The van der Waals surface area contributed by atoms with Gasteiger partial charge in [0, 0.05) is 38.0 Å². The van der Waals surface area contributed by atoms with E-state index in [2.05, 4.69) is 38.4 Å². The number of fused-ring (bicyclic) bond motifs is 2. The first-order chi connectivity index (χ1) is 14.7. The minimum atomic E-state index is -3.30. The monoisotopic (exact) mass is 476 g/mol. The van der Waals surface area contributed by atoms with Crippen molar-refractivity contribution in [1.29, 1.82) is 5.26 Å². The fraction of sp³-hybridized carbons (Fsp3) is 0.842. The van der Waals surface area contributed by atoms with Gasteiger partial charge in [0.25, 0.3) is 8.53 Å². The van der Waals surface area contributed by atoms with E-state index in [4.69, 9.17) is 32.8 Å². The van der Waals surface area contributed by atoms with Crippen molar-refractivity contribution in [1.82, 2.24) is 4.67 Å². The molecule has 2 heterocycles. The molecule has 2 fully saturated rings. The van der Waals surface area contributed by atoms with Gasteiger partial charge in [-0.05, 0) is 33.8 Å². The normalized spacial score (nSPS) is 29.9. The molecule has 2 saturated heterocycles. The number of ether oxygens (including phenoxy) is 2. The Labute approximate surface area is 188 Å². The molecule has 12 heteroatoms. The van der Waals surface area contributed by atoms with Gasteiger partial charge in [-0.1, -0.05) is 0 Å². The van der Waals surface area contributed by atoms with E-state index in [9.17, 15) is 4.57 Å². The molecule has 0 aromatic rings. The Morgan fingerprint density at radius 3 is 2.48 bits per heavy atom. The van der Waals surface area contributed by atoms with Gasteiger partial charge in [-0.3, -0.25) is 4.57 Å². The first-order valence-corrected chi connectivity index (χ1v) is 13.3. The molecule has 0 radical (unpaired) electrons. The maximum Gasteiger partial charge on any atom is 0.353 e. The Bertz CT molecular complexity index is 675. The van der Waals surface area contributed by atoms with Crippen LogP contribution in [0.2, 0.25) is 0 Å². The number of nitriles is 1. The van der Waals surface area contributed by atoms with E-state index in [1.54, 1.807) is 6.08 Å². The largest absolute Gasteiger partial charge is 0.377 e. The Balaban J connectivity index is 2.24. The third-order valence-electron chi connectivity index (χ3n) is 5.32. The van der Waals surface area contributed by atoms with Crippen molar-refractivity contribution in [3.8, 4) is 6.07 Å². The van der Waals surface area contributed by atoms with Crippen LogP contribution in [0, 0.1) is 17.2 Å². The predicted molar refractivity (Wildman–Crippen MR) is 121 cm³/mol. The van der Waals surface area contributed by atoms with Crippen molar-refractivity contribution in [2.75, 3.05) is 27.4 Å². The van der Waals surface area contributed by atoms with E-state index in [1.165, 1.54) is 20.0 Å². The average Bonchev–Trinajstić information content (AvgIpc) is 3.05. The highest BCUT2D eigenvalue weighted by Gasteiger charge is 2.51. The van der Waals surface area contributed by atoms with E-state index in [-0.39, 0.29) is 42.3 Å². The van der Waals surface area contributed by atoms with Crippen molar-refractivity contribution >= 4 is 24.0 Å². The molecule has 0 aliphatic carbocycles.